The lowest BCUT2D eigenvalue weighted by molar-refractivity contribution is 0.0925. The van der Waals surface area contributed by atoms with Gasteiger partial charge in [-0.3, -0.25) is 19.1 Å². The zero-order valence-electron chi connectivity index (χ0n) is 18.2. The Kier molecular flexibility index (Phi) is 5.65. The first-order chi connectivity index (χ1) is 14.0. The van der Waals surface area contributed by atoms with Crippen molar-refractivity contribution >= 4 is 16.9 Å². The summed E-state index contributed by atoms with van der Waals surface area (Å²) in [5.74, 6) is -0.164. The summed E-state index contributed by atoms with van der Waals surface area (Å²) in [5.41, 5.74) is 1.69. The summed E-state index contributed by atoms with van der Waals surface area (Å²) in [6, 6.07) is 9.55. The SMILES string of the molecule is CC(C)C(NC(=O)c1cnc2c(c1)c(=O)[nH]c(=O)n2C)c1ccc(C(C)(C)C)cc1. The van der Waals surface area contributed by atoms with Crippen LogP contribution in [0.15, 0.2) is 46.1 Å². The summed E-state index contributed by atoms with van der Waals surface area (Å²) in [4.78, 5) is 43.2. The summed E-state index contributed by atoms with van der Waals surface area (Å²) in [7, 11) is 1.52. The molecule has 0 bridgehead atoms. The van der Waals surface area contributed by atoms with Crippen molar-refractivity contribution in [2.75, 3.05) is 0 Å². The van der Waals surface area contributed by atoms with Crippen LogP contribution in [0, 0.1) is 5.92 Å². The zero-order chi connectivity index (χ0) is 22.2. The fourth-order valence-corrected chi connectivity index (χ4v) is 3.41. The Balaban J connectivity index is 1.92. The van der Waals surface area contributed by atoms with Crippen LogP contribution in [-0.2, 0) is 12.5 Å². The molecule has 2 heterocycles. The Morgan fingerprint density at radius 1 is 1.13 bits per heavy atom. The van der Waals surface area contributed by atoms with E-state index in [1.165, 1.54) is 29.4 Å². The van der Waals surface area contributed by atoms with Crippen LogP contribution in [0.2, 0.25) is 0 Å². The summed E-state index contributed by atoms with van der Waals surface area (Å²) in [6.45, 7) is 10.6. The molecule has 7 heteroatoms. The maximum atomic E-state index is 12.9. The van der Waals surface area contributed by atoms with Crippen LogP contribution in [0.25, 0.3) is 11.0 Å². The molecule has 0 radical (unpaired) electrons. The molecule has 3 rings (SSSR count). The molecule has 30 heavy (non-hydrogen) atoms. The van der Waals surface area contributed by atoms with Gasteiger partial charge < -0.3 is 5.32 Å². The number of aromatic amines is 1. The van der Waals surface area contributed by atoms with E-state index in [1.54, 1.807) is 0 Å². The van der Waals surface area contributed by atoms with Gasteiger partial charge >= 0.3 is 5.69 Å². The van der Waals surface area contributed by atoms with Crippen molar-refractivity contribution < 1.29 is 4.79 Å². The normalized spacial score (nSPS) is 12.9. The lowest BCUT2D eigenvalue weighted by atomic mass is 9.85. The topological polar surface area (TPSA) is 96.8 Å². The molecule has 158 valence electrons. The molecule has 0 fully saturated rings. The molecule has 0 aliphatic rings. The molecule has 0 aliphatic heterocycles. The van der Waals surface area contributed by atoms with E-state index in [9.17, 15) is 14.4 Å². The van der Waals surface area contributed by atoms with Gasteiger partial charge in [-0.25, -0.2) is 9.78 Å². The standard InChI is InChI=1S/C23H28N4O3/c1-13(2)18(14-7-9-16(10-8-14)23(3,4)5)25-20(28)15-11-17-19(24-12-15)27(6)22(30)26-21(17)29/h7-13,18H,1-6H3,(H,25,28)(H,26,29,30). The molecule has 1 amide bonds. The highest BCUT2D eigenvalue weighted by Crippen LogP contribution is 2.27. The number of hydrogen-bond acceptors (Lipinski definition) is 4. The Labute approximate surface area is 175 Å². The van der Waals surface area contributed by atoms with Crippen LogP contribution >= 0.6 is 0 Å². The number of rotatable bonds is 4. The number of carbonyl (C=O) groups is 1. The molecule has 1 atom stereocenters. The van der Waals surface area contributed by atoms with E-state index in [0.29, 0.717) is 0 Å². The number of benzene rings is 1. The first-order valence-electron chi connectivity index (χ1n) is 9.99. The predicted octanol–water partition coefficient (Wildman–Crippen LogP) is 3.05. The molecule has 0 spiro atoms. The number of nitrogens with one attached hydrogen (secondary N) is 2. The summed E-state index contributed by atoms with van der Waals surface area (Å²) in [5, 5.41) is 3.25. The third kappa shape index (κ3) is 4.20. The van der Waals surface area contributed by atoms with Gasteiger partial charge in [-0.2, -0.15) is 0 Å². The average Bonchev–Trinajstić information content (AvgIpc) is 2.69. The second-order valence-electron chi connectivity index (χ2n) is 8.98. The highest BCUT2D eigenvalue weighted by atomic mass is 16.2. The third-order valence-corrected chi connectivity index (χ3v) is 5.31. The van der Waals surface area contributed by atoms with E-state index in [-0.39, 0.29) is 39.9 Å². The molecular formula is C23H28N4O3. The number of H-pyrrole nitrogens is 1. The van der Waals surface area contributed by atoms with Crippen LogP contribution in [0.4, 0.5) is 0 Å². The molecule has 0 aliphatic carbocycles. The summed E-state index contributed by atoms with van der Waals surface area (Å²) >= 11 is 0. The maximum absolute atomic E-state index is 12.9. The van der Waals surface area contributed by atoms with E-state index in [2.05, 4.69) is 48.2 Å². The van der Waals surface area contributed by atoms with Crippen molar-refractivity contribution in [3.63, 3.8) is 0 Å². The molecule has 0 saturated carbocycles. The third-order valence-electron chi connectivity index (χ3n) is 5.31. The van der Waals surface area contributed by atoms with E-state index in [1.807, 2.05) is 26.0 Å². The van der Waals surface area contributed by atoms with Gasteiger partial charge in [0.05, 0.1) is 17.0 Å². The number of aryl methyl sites for hydroxylation is 1. The minimum Gasteiger partial charge on any atom is -0.345 e. The molecule has 2 aromatic heterocycles. The Hall–Kier alpha value is -3.22. The molecule has 7 nitrogen and oxygen atoms in total. The van der Waals surface area contributed by atoms with Crippen molar-refractivity contribution in [3.05, 3.63) is 74.1 Å². The largest absolute Gasteiger partial charge is 0.345 e. The number of pyridine rings is 1. The molecular weight excluding hydrogens is 380 g/mol. The van der Waals surface area contributed by atoms with Gasteiger partial charge in [0.25, 0.3) is 11.5 Å². The number of amides is 1. The molecule has 0 saturated heterocycles. The lowest BCUT2D eigenvalue weighted by Crippen LogP contribution is -2.33. The van der Waals surface area contributed by atoms with E-state index < -0.39 is 11.2 Å². The minimum atomic E-state index is -0.562. The predicted molar refractivity (Wildman–Crippen MR) is 118 cm³/mol. The first-order valence-corrected chi connectivity index (χ1v) is 9.99. The molecule has 2 N–H and O–H groups in total. The van der Waals surface area contributed by atoms with Crippen LogP contribution < -0.4 is 16.6 Å². The number of fused-ring (bicyclic) bond motifs is 1. The Morgan fingerprint density at radius 3 is 2.33 bits per heavy atom. The van der Waals surface area contributed by atoms with Gasteiger partial charge in [-0.1, -0.05) is 58.9 Å². The number of aromatic nitrogens is 3. The first kappa shape index (κ1) is 21.5. The van der Waals surface area contributed by atoms with Crippen molar-refractivity contribution in [3.8, 4) is 0 Å². The van der Waals surface area contributed by atoms with Crippen molar-refractivity contribution in [1.82, 2.24) is 19.9 Å². The van der Waals surface area contributed by atoms with Gasteiger partial charge in [0, 0.05) is 13.2 Å². The van der Waals surface area contributed by atoms with E-state index in [0.717, 1.165) is 5.56 Å². The summed E-state index contributed by atoms with van der Waals surface area (Å²) in [6.07, 6.45) is 1.39. The second kappa shape index (κ2) is 7.89. The van der Waals surface area contributed by atoms with Crippen molar-refractivity contribution in [2.24, 2.45) is 13.0 Å². The fourth-order valence-electron chi connectivity index (χ4n) is 3.41. The smallest absolute Gasteiger partial charge is 0.329 e. The van der Waals surface area contributed by atoms with Gasteiger partial charge in [-0.15, -0.1) is 0 Å². The monoisotopic (exact) mass is 408 g/mol. The quantitative estimate of drug-likeness (QED) is 0.693. The maximum Gasteiger partial charge on any atom is 0.329 e. The highest BCUT2D eigenvalue weighted by Gasteiger charge is 2.21. The van der Waals surface area contributed by atoms with Crippen LogP contribution in [-0.4, -0.2) is 20.4 Å². The second-order valence-corrected chi connectivity index (χ2v) is 8.98. The highest BCUT2D eigenvalue weighted by molar-refractivity contribution is 5.96. The van der Waals surface area contributed by atoms with E-state index in [4.69, 9.17) is 0 Å². The van der Waals surface area contributed by atoms with Gasteiger partial charge in [0.1, 0.15) is 5.65 Å². The number of carbonyl (C=O) groups excluding carboxylic acids is 1. The van der Waals surface area contributed by atoms with Crippen LogP contribution in [0.5, 0.6) is 0 Å². The van der Waals surface area contributed by atoms with Crippen molar-refractivity contribution in [1.29, 1.82) is 0 Å². The van der Waals surface area contributed by atoms with Gasteiger partial charge in [-0.05, 0) is 28.5 Å². The molecule has 1 aromatic carbocycles. The van der Waals surface area contributed by atoms with Crippen molar-refractivity contribution in [2.45, 2.75) is 46.1 Å². The minimum absolute atomic E-state index is 0.0546. The fraction of sp³-hybridized carbons (Fsp3) is 0.391. The lowest BCUT2D eigenvalue weighted by Gasteiger charge is -2.25. The van der Waals surface area contributed by atoms with E-state index >= 15 is 0 Å². The van der Waals surface area contributed by atoms with Crippen LogP contribution in [0.3, 0.4) is 0 Å². The molecule has 3 aromatic rings. The average molecular weight is 409 g/mol. The zero-order valence-corrected chi connectivity index (χ0v) is 18.2. The summed E-state index contributed by atoms with van der Waals surface area (Å²) < 4.78 is 1.24. The Morgan fingerprint density at radius 2 is 1.77 bits per heavy atom. The van der Waals surface area contributed by atoms with Crippen LogP contribution in [0.1, 0.15) is 62.1 Å². The number of hydrogen-bond donors (Lipinski definition) is 2. The number of nitrogens with zero attached hydrogens (tertiary/aromatic N) is 2. The van der Waals surface area contributed by atoms with Gasteiger partial charge in [0.2, 0.25) is 0 Å². The van der Waals surface area contributed by atoms with Gasteiger partial charge in [0.15, 0.2) is 0 Å². The molecule has 1 unspecified atom stereocenters. The Bertz CT molecular complexity index is 1200.